The summed E-state index contributed by atoms with van der Waals surface area (Å²) < 4.78 is 0. The van der Waals surface area contributed by atoms with Gasteiger partial charge < -0.3 is 9.80 Å². The minimum atomic E-state index is 0.289. The largest absolute Gasteiger partial charge is 0.341 e. The molecule has 0 atom stereocenters. The first-order valence-corrected chi connectivity index (χ1v) is 8.47. The van der Waals surface area contributed by atoms with Gasteiger partial charge in [-0.1, -0.05) is 19.8 Å². The van der Waals surface area contributed by atoms with Crippen LogP contribution in [-0.4, -0.2) is 41.1 Å². The van der Waals surface area contributed by atoms with Gasteiger partial charge in [0.05, 0.1) is 0 Å². The van der Waals surface area contributed by atoms with Crippen LogP contribution < -0.4 is 9.80 Å². The third-order valence-corrected chi connectivity index (χ3v) is 4.39. The molecule has 5 nitrogen and oxygen atoms in total. The highest BCUT2D eigenvalue weighted by molar-refractivity contribution is 6.28. The minimum Gasteiger partial charge on any atom is -0.341 e. The maximum absolute atomic E-state index is 6.09. The average Bonchev–Trinajstić information content (AvgIpc) is 2.49. The number of halogens is 1. The van der Waals surface area contributed by atoms with Crippen molar-refractivity contribution in [3.63, 3.8) is 0 Å². The Balaban J connectivity index is 2.10. The second-order valence-corrected chi connectivity index (χ2v) is 5.93. The van der Waals surface area contributed by atoms with Crippen LogP contribution >= 0.6 is 11.6 Å². The van der Waals surface area contributed by atoms with Crippen molar-refractivity contribution >= 4 is 23.5 Å². The Kier molecular flexibility index (Phi) is 6.03. The van der Waals surface area contributed by atoms with Crippen molar-refractivity contribution in [2.45, 2.75) is 46.5 Å². The first-order chi connectivity index (χ1) is 10.2. The molecule has 1 aromatic heterocycles. The van der Waals surface area contributed by atoms with Crippen LogP contribution in [0.3, 0.4) is 0 Å². The van der Waals surface area contributed by atoms with E-state index in [1.165, 1.54) is 25.7 Å². The van der Waals surface area contributed by atoms with E-state index in [4.69, 9.17) is 11.6 Å². The lowest BCUT2D eigenvalue weighted by atomic mass is 9.93. The summed E-state index contributed by atoms with van der Waals surface area (Å²) >= 11 is 6.09. The van der Waals surface area contributed by atoms with Gasteiger partial charge in [0.1, 0.15) is 0 Å². The van der Waals surface area contributed by atoms with Gasteiger partial charge in [-0.2, -0.15) is 15.0 Å². The zero-order valence-corrected chi connectivity index (χ0v) is 14.1. The van der Waals surface area contributed by atoms with Crippen LogP contribution in [-0.2, 0) is 0 Å². The fourth-order valence-corrected chi connectivity index (χ4v) is 3.10. The molecule has 1 aromatic rings. The van der Waals surface area contributed by atoms with E-state index in [0.29, 0.717) is 5.95 Å². The van der Waals surface area contributed by atoms with E-state index in [9.17, 15) is 0 Å². The Morgan fingerprint density at radius 3 is 2.33 bits per heavy atom. The van der Waals surface area contributed by atoms with Gasteiger partial charge in [-0.3, -0.25) is 0 Å². The highest BCUT2D eigenvalue weighted by atomic mass is 35.5. The second-order valence-electron chi connectivity index (χ2n) is 5.60. The number of aromatic nitrogens is 3. The highest BCUT2D eigenvalue weighted by Gasteiger charge is 2.22. The lowest BCUT2D eigenvalue weighted by molar-refractivity contribution is 0.376. The molecule has 1 saturated heterocycles. The molecule has 6 heteroatoms. The summed E-state index contributed by atoms with van der Waals surface area (Å²) in [4.78, 5) is 17.5. The third-order valence-electron chi connectivity index (χ3n) is 4.23. The van der Waals surface area contributed by atoms with Gasteiger partial charge in [0.2, 0.25) is 17.2 Å². The SMILES string of the molecule is CCCC1CCN(c2nc(Cl)nc(N(CC)CC)n2)CC1. The summed E-state index contributed by atoms with van der Waals surface area (Å²) in [5.74, 6) is 2.27. The summed E-state index contributed by atoms with van der Waals surface area (Å²) in [5, 5.41) is 0.289. The van der Waals surface area contributed by atoms with Crippen LogP contribution in [0.4, 0.5) is 11.9 Å². The molecule has 2 rings (SSSR count). The van der Waals surface area contributed by atoms with Gasteiger partial charge in [-0.25, -0.2) is 0 Å². The molecule has 21 heavy (non-hydrogen) atoms. The van der Waals surface area contributed by atoms with Crippen LogP contribution in [0.2, 0.25) is 5.28 Å². The van der Waals surface area contributed by atoms with Gasteiger partial charge in [0.15, 0.2) is 0 Å². The van der Waals surface area contributed by atoms with Crippen molar-refractivity contribution < 1.29 is 0 Å². The molecule has 0 aromatic carbocycles. The lowest BCUT2D eigenvalue weighted by Crippen LogP contribution is -2.35. The summed E-state index contributed by atoms with van der Waals surface area (Å²) in [6.45, 7) is 10.2. The van der Waals surface area contributed by atoms with Gasteiger partial charge >= 0.3 is 0 Å². The maximum atomic E-state index is 6.09. The summed E-state index contributed by atoms with van der Waals surface area (Å²) in [6, 6.07) is 0. The monoisotopic (exact) mass is 311 g/mol. The smallest absolute Gasteiger partial charge is 0.231 e. The fourth-order valence-electron chi connectivity index (χ4n) is 2.95. The molecule has 0 spiro atoms. The first-order valence-electron chi connectivity index (χ1n) is 8.09. The normalized spacial score (nSPS) is 16.3. The van der Waals surface area contributed by atoms with Crippen molar-refractivity contribution in [2.75, 3.05) is 36.0 Å². The van der Waals surface area contributed by atoms with E-state index >= 15 is 0 Å². The molecule has 1 aliphatic heterocycles. The molecule has 2 heterocycles. The number of rotatable bonds is 6. The zero-order valence-electron chi connectivity index (χ0n) is 13.3. The number of hydrogen-bond donors (Lipinski definition) is 0. The Labute approximate surface area is 132 Å². The molecule has 0 saturated carbocycles. The lowest BCUT2D eigenvalue weighted by Gasteiger charge is -2.32. The molecule has 1 fully saturated rings. The molecule has 0 N–H and O–H groups in total. The van der Waals surface area contributed by atoms with Crippen molar-refractivity contribution in [1.29, 1.82) is 0 Å². The Morgan fingerprint density at radius 1 is 1.10 bits per heavy atom. The zero-order chi connectivity index (χ0) is 15.2. The van der Waals surface area contributed by atoms with E-state index in [0.717, 1.165) is 38.0 Å². The van der Waals surface area contributed by atoms with E-state index < -0.39 is 0 Å². The van der Waals surface area contributed by atoms with Crippen LogP contribution in [0.5, 0.6) is 0 Å². The molecule has 1 aliphatic rings. The Bertz CT molecular complexity index is 442. The third kappa shape index (κ3) is 4.19. The van der Waals surface area contributed by atoms with Crippen molar-refractivity contribution in [3.8, 4) is 0 Å². The average molecular weight is 312 g/mol. The fraction of sp³-hybridized carbons (Fsp3) is 0.800. The molecule has 118 valence electrons. The summed E-state index contributed by atoms with van der Waals surface area (Å²) in [6.07, 6.45) is 5.04. The van der Waals surface area contributed by atoms with Crippen LogP contribution in [0.25, 0.3) is 0 Å². The molecule has 0 aliphatic carbocycles. The van der Waals surface area contributed by atoms with Crippen LogP contribution in [0.1, 0.15) is 46.5 Å². The Hall–Kier alpha value is -1.10. The number of anilines is 2. The highest BCUT2D eigenvalue weighted by Crippen LogP contribution is 2.25. The number of nitrogens with zero attached hydrogens (tertiary/aromatic N) is 5. The van der Waals surface area contributed by atoms with Crippen LogP contribution in [0, 0.1) is 5.92 Å². The second kappa shape index (κ2) is 7.78. The van der Waals surface area contributed by atoms with E-state index in [-0.39, 0.29) is 5.28 Å². The van der Waals surface area contributed by atoms with Crippen molar-refractivity contribution in [3.05, 3.63) is 5.28 Å². The molecule has 0 amide bonds. The van der Waals surface area contributed by atoms with Gasteiger partial charge in [-0.15, -0.1) is 0 Å². The standard InChI is InChI=1S/C15H26ClN5/c1-4-7-12-8-10-21(11-9-12)15-18-13(16)17-14(19-15)20(5-2)6-3/h12H,4-11H2,1-3H3. The number of piperidine rings is 1. The van der Waals surface area contributed by atoms with Crippen molar-refractivity contribution in [1.82, 2.24) is 15.0 Å². The summed E-state index contributed by atoms with van der Waals surface area (Å²) in [7, 11) is 0. The van der Waals surface area contributed by atoms with Crippen LogP contribution in [0.15, 0.2) is 0 Å². The van der Waals surface area contributed by atoms with E-state index in [1.807, 2.05) is 0 Å². The minimum absolute atomic E-state index is 0.289. The topological polar surface area (TPSA) is 45.2 Å². The van der Waals surface area contributed by atoms with Gasteiger partial charge in [0, 0.05) is 26.2 Å². The van der Waals surface area contributed by atoms with Crippen molar-refractivity contribution in [2.24, 2.45) is 5.92 Å². The molecule has 0 unspecified atom stereocenters. The summed E-state index contributed by atoms with van der Waals surface area (Å²) in [5.41, 5.74) is 0. The van der Waals surface area contributed by atoms with Gasteiger partial charge in [0.25, 0.3) is 0 Å². The quantitative estimate of drug-likeness (QED) is 0.806. The predicted molar refractivity (Wildman–Crippen MR) is 88.2 cm³/mol. The molecular weight excluding hydrogens is 286 g/mol. The van der Waals surface area contributed by atoms with E-state index in [2.05, 4.69) is 45.5 Å². The molecule has 0 radical (unpaired) electrons. The number of hydrogen-bond acceptors (Lipinski definition) is 5. The molecular formula is C15H26ClN5. The maximum Gasteiger partial charge on any atom is 0.231 e. The first kappa shape index (κ1) is 16.3. The molecule has 0 bridgehead atoms. The van der Waals surface area contributed by atoms with E-state index in [1.54, 1.807) is 0 Å². The predicted octanol–water partition coefficient (Wildman–Crippen LogP) is 3.39. The van der Waals surface area contributed by atoms with Gasteiger partial charge in [-0.05, 0) is 44.2 Å². The Morgan fingerprint density at radius 2 is 1.76 bits per heavy atom.